The molecule has 104 valence electrons. The maximum atomic E-state index is 11.0. The largest absolute Gasteiger partial charge is 0.492 e. The lowest BCUT2D eigenvalue weighted by atomic mass is 10.0. The number of likely N-dealkylation sites (tertiary alicyclic amines) is 1. The molecule has 1 atom stereocenters. The van der Waals surface area contributed by atoms with Gasteiger partial charge in [0.1, 0.15) is 17.9 Å². The fourth-order valence-electron chi connectivity index (χ4n) is 2.28. The van der Waals surface area contributed by atoms with Gasteiger partial charge in [0.2, 0.25) is 0 Å². The van der Waals surface area contributed by atoms with Crippen molar-refractivity contribution in [2.45, 2.75) is 18.9 Å². The van der Waals surface area contributed by atoms with Gasteiger partial charge >= 0.3 is 5.97 Å². The van der Waals surface area contributed by atoms with Gasteiger partial charge in [-0.3, -0.25) is 9.69 Å². The minimum absolute atomic E-state index is 0.388. The average Bonchev–Trinajstić information content (AvgIpc) is 2.73. The van der Waals surface area contributed by atoms with Crippen molar-refractivity contribution in [1.29, 1.82) is 0 Å². The Bertz CT molecular complexity index is 464. The van der Waals surface area contributed by atoms with Crippen LogP contribution in [0.25, 0.3) is 0 Å². The summed E-state index contributed by atoms with van der Waals surface area (Å²) in [5.41, 5.74) is 5.88. The van der Waals surface area contributed by atoms with Crippen LogP contribution in [0.15, 0.2) is 24.3 Å². The summed E-state index contributed by atoms with van der Waals surface area (Å²) in [6.45, 7) is 4.35. The van der Waals surface area contributed by atoms with Crippen LogP contribution in [0.3, 0.4) is 0 Å². The van der Waals surface area contributed by atoms with E-state index < -0.39 is 11.5 Å². The van der Waals surface area contributed by atoms with Crippen LogP contribution in [0.1, 0.15) is 12.0 Å². The first-order valence-corrected chi connectivity index (χ1v) is 6.44. The highest BCUT2D eigenvalue weighted by molar-refractivity contribution is 5.79. The molecule has 0 bridgehead atoms. The molecule has 0 radical (unpaired) electrons. The quantitative estimate of drug-likeness (QED) is 0.825. The van der Waals surface area contributed by atoms with E-state index in [0.717, 1.165) is 11.3 Å². The summed E-state index contributed by atoms with van der Waals surface area (Å²) in [6, 6.07) is 7.87. The number of carboxylic acids is 1. The van der Waals surface area contributed by atoms with Gasteiger partial charge < -0.3 is 15.6 Å². The Balaban J connectivity index is 1.77. The molecule has 1 fully saturated rings. The highest BCUT2D eigenvalue weighted by Crippen LogP contribution is 2.19. The Labute approximate surface area is 113 Å². The van der Waals surface area contributed by atoms with E-state index in [9.17, 15) is 4.79 Å². The number of benzene rings is 1. The summed E-state index contributed by atoms with van der Waals surface area (Å²) in [6.07, 6.45) is 0.493. The highest BCUT2D eigenvalue weighted by Gasteiger charge is 2.40. The minimum atomic E-state index is -1.09. The molecule has 1 unspecified atom stereocenters. The van der Waals surface area contributed by atoms with Crippen molar-refractivity contribution < 1.29 is 14.6 Å². The zero-order valence-corrected chi connectivity index (χ0v) is 11.1. The number of carboxylic acid groups (broad SMARTS) is 1. The van der Waals surface area contributed by atoms with Crippen molar-refractivity contribution in [1.82, 2.24) is 4.90 Å². The Morgan fingerprint density at radius 1 is 1.58 bits per heavy atom. The number of aryl methyl sites for hydroxylation is 1. The molecule has 0 amide bonds. The number of aliphatic carboxylic acids is 1. The van der Waals surface area contributed by atoms with Gasteiger partial charge in [-0.1, -0.05) is 12.1 Å². The van der Waals surface area contributed by atoms with E-state index in [4.69, 9.17) is 15.6 Å². The fraction of sp³-hybridized carbons (Fsp3) is 0.500. The predicted molar refractivity (Wildman–Crippen MR) is 72.3 cm³/mol. The molecule has 3 N–H and O–H groups in total. The molecular formula is C14H20N2O3. The normalized spacial score (nSPS) is 23.5. The molecule has 1 aliphatic heterocycles. The molecule has 0 saturated carbocycles. The predicted octanol–water partition coefficient (Wildman–Crippen LogP) is 0.862. The third-order valence-electron chi connectivity index (χ3n) is 3.47. The second-order valence-electron chi connectivity index (χ2n) is 5.15. The van der Waals surface area contributed by atoms with E-state index in [1.165, 1.54) is 0 Å². The Hall–Kier alpha value is -1.59. The van der Waals surface area contributed by atoms with Gasteiger partial charge in [-0.2, -0.15) is 0 Å². The van der Waals surface area contributed by atoms with Gasteiger partial charge in [-0.15, -0.1) is 0 Å². The van der Waals surface area contributed by atoms with Gasteiger partial charge in [-0.05, 0) is 31.0 Å². The molecule has 5 heteroatoms. The van der Waals surface area contributed by atoms with Crippen molar-refractivity contribution in [3.05, 3.63) is 29.8 Å². The molecular weight excluding hydrogens is 244 g/mol. The first-order valence-electron chi connectivity index (χ1n) is 6.44. The second-order valence-corrected chi connectivity index (χ2v) is 5.15. The number of carbonyl (C=O) groups is 1. The van der Waals surface area contributed by atoms with Crippen molar-refractivity contribution in [2.75, 3.05) is 26.2 Å². The highest BCUT2D eigenvalue weighted by atomic mass is 16.5. The number of ether oxygens (including phenoxy) is 1. The minimum Gasteiger partial charge on any atom is -0.492 e. The van der Waals surface area contributed by atoms with E-state index in [-0.39, 0.29) is 0 Å². The van der Waals surface area contributed by atoms with Gasteiger partial charge in [-0.25, -0.2) is 0 Å². The summed E-state index contributed by atoms with van der Waals surface area (Å²) in [5.74, 6) is -0.0777. The van der Waals surface area contributed by atoms with E-state index in [1.54, 1.807) is 0 Å². The van der Waals surface area contributed by atoms with Crippen molar-refractivity contribution in [3.63, 3.8) is 0 Å². The van der Waals surface area contributed by atoms with Crippen LogP contribution in [0.2, 0.25) is 0 Å². The van der Waals surface area contributed by atoms with Crippen LogP contribution >= 0.6 is 0 Å². The van der Waals surface area contributed by atoms with Gasteiger partial charge in [0.05, 0.1) is 0 Å². The number of nitrogens with zero attached hydrogens (tertiary/aromatic N) is 1. The standard InChI is InChI=1S/C14H20N2O3/c1-11-3-2-4-12(9-11)19-8-7-16-6-5-14(15,10-16)13(17)18/h2-4,9H,5-8,10,15H2,1H3,(H,17,18). The third kappa shape index (κ3) is 3.45. The van der Waals surface area contributed by atoms with Gasteiger partial charge in [0.15, 0.2) is 0 Å². The lowest BCUT2D eigenvalue weighted by molar-refractivity contribution is -0.142. The summed E-state index contributed by atoms with van der Waals surface area (Å²) >= 11 is 0. The van der Waals surface area contributed by atoms with Crippen LogP contribution in [0.5, 0.6) is 5.75 Å². The first kappa shape index (κ1) is 13.8. The lowest BCUT2D eigenvalue weighted by Crippen LogP contribution is -2.50. The molecule has 1 heterocycles. The summed E-state index contributed by atoms with van der Waals surface area (Å²) in [7, 11) is 0. The molecule has 1 aromatic carbocycles. The maximum Gasteiger partial charge on any atom is 0.325 e. The van der Waals surface area contributed by atoms with Crippen molar-refractivity contribution in [3.8, 4) is 5.75 Å². The Kier molecular flexibility index (Phi) is 4.07. The molecule has 1 saturated heterocycles. The molecule has 5 nitrogen and oxygen atoms in total. The zero-order chi connectivity index (χ0) is 13.9. The molecule has 2 rings (SSSR count). The van der Waals surface area contributed by atoms with Crippen LogP contribution < -0.4 is 10.5 Å². The third-order valence-corrected chi connectivity index (χ3v) is 3.47. The molecule has 1 aromatic rings. The number of nitrogens with two attached hydrogens (primary N) is 1. The Morgan fingerprint density at radius 2 is 2.37 bits per heavy atom. The number of hydrogen-bond donors (Lipinski definition) is 2. The SMILES string of the molecule is Cc1cccc(OCCN2CCC(N)(C(=O)O)C2)c1. The van der Waals surface area contributed by atoms with Crippen LogP contribution in [0.4, 0.5) is 0 Å². The van der Waals surface area contributed by atoms with Crippen LogP contribution in [0, 0.1) is 6.92 Å². The van der Waals surface area contributed by atoms with Crippen molar-refractivity contribution >= 4 is 5.97 Å². The average molecular weight is 264 g/mol. The van der Waals surface area contributed by atoms with Crippen LogP contribution in [-0.4, -0.2) is 47.8 Å². The van der Waals surface area contributed by atoms with E-state index in [0.29, 0.717) is 32.7 Å². The van der Waals surface area contributed by atoms with E-state index >= 15 is 0 Å². The summed E-state index contributed by atoms with van der Waals surface area (Å²) < 4.78 is 5.65. The van der Waals surface area contributed by atoms with Crippen LogP contribution in [-0.2, 0) is 4.79 Å². The smallest absolute Gasteiger partial charge is 0.325 e. The summed E-state index contributed by atoms with van der Waals surface area (Å²) in [4.78, 5) is 13.1. The molecule has 0 aromatic heterocycles. The number of rotatable bonds is 5. The molecule has 1 aliphatic rings. The Morgan fingerprint density at radius 3 is 3.00 bits per heavy atom. The summed E-state index contributed by atoms with van der Waals surface area (Å²) in [5, 5.41) is 9.04. The zero-order valence-electron chi connectivity index (χ0n) is 11.1. The molecule has 0 aliphatic carbocycles. The van der Waals surface area contributed by atoms with Gasteiger partial charge in [0, 0.05) is 19.6 Å². The topological polar surface area (TPSA) is 75.8 Å². The molecule has 0 spiro atoms. The van der Waals surface area contributed by atoms with E-state index in [1.807, 2.05) is 36.1 Å². The maximum absolute atomic E-state index is 11.0. The fourth-order valence-corrected chi connectivity index (χ4v) is 2.28. The van der Waals surface area contributed by atoms with E-state index in [2.05, 4.69) is 0 Å². The second kappa shape index (κ2) is 5.59. The van der Waals surface area contributed by atoms with Crippen molar-refractivity contribution in [2.24, 2.45) is 5.73 Å². The lowest BCUT2D eigenvalue weighted by Gasteiger charge is -2.20. The monoisotopic (exact) mass is 264 g/mol. The first-order chi connectivity index (χ1) is 8.99. The van der Waals surface area contributed by atoms with Gasteiger partial charge in [0.25, 0.3) is 0 Å². The molecule has 19 heavy (non-hydrogen) atoms. The number of hydrogen-bond acceptors (Lipinski definition) is 4.